The summed E-state index contributed by atoms with van der Waals surface area (Å²) in [6.07, 6.45) is -0.0364. The standard InChI is InChI=1S/C10H18N2O6/c1-17-9(15)6(11)4-3-5-7(8(13)14)12-10(16)18-2/h6-7H,3-5,11H2,1-2H3,(H,12,16)(H,13,14). The van der Waals surface area contributed by atoms with Gasteiger partial charge in [0.25, 0.3) is 0 Å². The fourth-order valence-electron chi connectivity index (χ4n) is 1.27. The zero-order valence-corrected chi connectivity index (χ0v) is 10.3. The van der Waals surface area contributed by atoms with Crippen LogP contribution in [0.2, 0.25) is 0 Å². The number of aliphatic carboxylic acids is 1. The second-order valence-electron chi connectivity index (χ2n) is 3.59. The third-order valence-electron chi connectivity index (χ3n) is 2.29. The van der Waals surface area contributed by atoms with Gasteiger partial charge >= 0.3 is 18.0 Å². The van der Waals surface area contributed by atoms with E-state index in [1.807, 2.05) is 0 Å². The van der Waals surface area contributed by atoms with Crippen molar-refractivity contribution in [2.75, 3.05) is 14.2 Å². The average molecular weight is 262 g/mol. The van der Waals surface area contributed by atoms with Gasteiger partial charge in [0.05, 0.1) is 14.2 Å². The number of carboxylic acid groups (broad SMARTS) is 1. The molecule has 0 fully saturated rings. The lowest BCUT2D eigenvalue weighted by Gasteiger charge is -2.14. The average Bonchev–Trinajstić information content (AvgIpc) is 2.35. The summed E-state index contributed by atoms with van der Waals surface area (Å²) in [6.45, 7) is 0. The molecule has 0 rings (SSSR count). The molecular weight excluding hydrogens is 244 g/mol. The fraction of sp³-hybridized carbons (Fsp3) is 0.700. The van der Waals surface area contributed by atoms with Gasteiger partial charge in [-0.25, -0.2) is 9.59 Å². The molecule has 1 amide bonds. The number of nitrogens with two attached hydrogens (primary N) is 1. The van der Waals surface area contributed by atoms with E-state index in [-0.39, 0.29) is 12.8 Å². The highest BCUT2D eigenvalue weighted by Gasteiger charge is 2.21. The number of esters is 1. The van der Waals surface area contributed by atoms with Gasteiger partial charge in [-0.1, -0.05) is 0 Å². The van der Waals surface area contributed by atoms with E-state index in [4.69, 9.17) is 10.8 Å². The first kappa shape index (κ1) is 16.2. The molecule has 0 saturated carbocycles. The Bertz CT molecular complexity index is 307. The number of carbonyl (C=O) groups is 3. The lowest BCUT2D eigenvalue weighted by molar-refractivity contribution is -0.142. The van der Waals surface area contributed by atoms with E-state index in [1.165, 1.54) is 7.11 Å². The van der Waals surface area contributed by atoms with Crippen LogP contribution in [-0.2, 0) is 19.1 Å². The van der Waals surface area contributed by atoms with Crippen LogP contribution in [-0.4, -0.2) is 49.4 Å². The number of amides is 1. The number of ether oxygens (including phenoxy) is 2. The molecule has 2 atom stereocenters. The van der Waals surface area contributed by atoms with Crippen LogP contribution in [0, 0.1) is 0 Å². The molecule has 0 aromatic carbocycles. The van der Waals surface area contributed by atoms with Gasteiger partial charge < -0.3 is 25.6 Å². The van der Waals surface area contributed by atoms with Gasteiger partial charge in [0.1, 0.15) is 12.1 Å². The SMILES string of the molecule is COC(=O)NC(CCCC(N)C(=O)OC)C(=O)O. The lowest BCUT2D eigenvalue weighted by atomic mass is 10.1. The molecule has 0 aromatic rings. The van der Waals surface area contributed by atoms with Crippen molar-refractivity contribution in [2.24, 2.45) is 5.73 Å². The molecule has 0 saturated heterocycles. The molecule has 104 valence electrons. The summed E-state index contributed by atoms with van der Waals surface area (Å²) in [6, 6.07) is -1.86. The zero-order chi connectivity index (χ0) is 14.1. The largest absolute Gasteiger partial charge is 0.480 e. The Labute approximate surface area is 104 Å². The smallest absolute Gasteiger partial charge is 0.407 e. The van der Waals surface area contributed by atoms with E-state index in [9.17, 15) is 14.4 Å². The number of rotatable bonds is 7. The molecule has 0 aromatic heterocycles. The predicted octanol–water partition coefficient (Wildman–Crippen LogP) is -0.534. The maximum atomic E-state index is 11.0. The van der Waals surface area contributed by atoms with Crippen molar-refractivity contribution in [3.63, 3.8) is 0 Å². The minimum Gasteiger partial charge on any atom is -0.480 e. The van der Waals surface area contributed by atoms with Crippen LogP contribution >= 0.6 is 0 Å². The molecule has 8 heteroatoms. The van der Waals surface area contributed by atoms with E-state index in [1.54, 1.807) is 0 Å². The van der Waals surface area contributed by atoms with E-state index >= 15 is 0 Å². The lowest BCUT2D eigenvalue weighted by Crippen LogP contribution is -2.41. The molecule has 0 aliphatic heterocycles. The third kappa shape index (κ3) is 6.04. The Morgan fingerprint density at radius 2 is 1.83 bits per heavy atom. The third-order valence-corrected chi connectivity index (χ3v) is 2.29. The molecule has 0 spiro atoms. The van der Waals surface area contributed by atoms with Crippen LogP contribution in [0.3, 0.4) is 0 Å². The highest BCUT2D eigenvalue weighted by Crippen LogP contribution is 2.05. The second-order valence-corrected chi connectivity index (χ2v) is 3.59. The van der Waals surface area contributed by atoms with Crippen molar-refractivity contribution < 1.29 is 29.0 Å². The molecule has 18 heavy (non-hydrogen) atoms. The van der Waals surface area contributed by atoms with E-state index < -0.39 is 30.1 Å². The van der Waals surface area contributed by atoms with Crippen molar-refractivity contribution in [3.05, 3.63) is 0 Å². The summed E-state index contributed by atoms with van der Waals surface area (Å²) in [5, 5.41) is 11.0. The van der Waals surface area contributed by atoms with Crippen molar-refractivity contribution in [3.8, 4) is 0 Å². The molecule has 0 bridgehead atoms. The Kier molecular flexibility index (Phi) is 7.45. The molecule has 8 nitrogen and oxygen atoms in total. The molecule has 0 aliphatic carbocycles. The Morgan fingerprint density at radius 1 is 1.22 bits per heavy atom. The molecule has 0 heterocycles. The van der Waals surface area contributed by atoms with Gasteiger partial charge in [-0.15, -0.1) is 0 Å². The van der Waals surface area contributed by atoms with Crippen LogP contribution < -0.4 is 11.1 Å². The summed E-state index contributed by atoms with van der Waals surface area (Å²) in [7, 11) is 2.36. The van der Waals surface area contributed by atoms with Crippen LogP contribution in [0.4, 0.5) is 4.79 Å². The Hall–Kier alpha value is -1.83. The number of nitrogens with one attached hydrogen (secondary N) is 1. The van der Waals surface area contributed by atoms with E-state index in [0.29, 0.717) is 6.42 Å². The topological polar surface area (TPSA) is 128 Å². The quantitative estimate of drug-likeness (QED) is 0.526. The van der Waals surface area contributed by atoms with Crippen molar-refractivity contribution in [1.82, 2.24) is 5.32 Å². The molecule has 4 N–H and O–H groups in total. The van der Waals surface area contributed by atoms with Gasteiger partial charge in [-0.2, -0.15) is 0 Å². The first-order valence-corrected chi connectivity index (χ1v) is 5.33. The summed E-state index contributed by atoms with van der Waals surface area (Å²) in [5.74, 6) is -1.73. The minimum absolute atomic E-state index is 0.148. The summed E-state index contributed by atoms with van der Waals surface area (Å²) >= 11 is 0. The minimum atomic E-state index is -1.17. The normalized spacial score (nSPS) is 13.3. The summed E-state index contributed by atoms with van der Waals surface area (Å²) in [4.78, 5) is 32.7. The highest BCUT2D eigenvalue weighted by atomic mass is 16.5. The number of hydrogen-bond donors (Lipinski definition) is 3. The first-order chi connectivity index (χ1) is 8.42. The number of methoxy groups -OCH3 is 2. The van der Waals surface area contributed by atoms with Gasteiger partial charge in [0, 0.05) is 0 Å². The predicted molar refractivity (Wildman–Crippen MR) is 60.8 cm³/mol. The van der Waals surface area contributed by atoms with Crippen molar-refractivity contribution >= 4 is 18.0 Å². The van der Waals surface area contributed by atoms with Crippen molar-refractivity contribution in [1.29, 1.82) is 0 Å². The van der Waals surface area contributed by atoms with E-state index in [0.717, 1.165) is 7.11 Å². The highest BCUT2D eigenvalue weighted by molar-refractivity contribution is 5.79. The van der Waals surface area contributed by atoms with Gasteiger partial charge in [0.15, 0.2) is 0 Å². The Morgan fingerprint density at radius 3 is 2.28 bits per heavy atom. The van der Waals surface area contributed by atoms with E-state index in [2.05, 4.69) is 14.8 Å². The van der Waals surface area contributed by atoms with Gasteiger partial charge in [-0.05, 0) is 19.3 Å². The molecular formula is C10H18N2O6. The van der Waals surface area contributed by atoms with Crippen LogP contribution in [0.1, 0.15) is 19.3 Å². The monoisotopic (exact) mass is 262 g/mol. The first-order valence-electron chi connectivity index (χ1n) is 5.33. The second kappa shape index (κ2) is 8.29. The van der Waals surface area contributed by atoms with Crippen LogP contribution in [0.5, 0.6) is 0 Å². The van der Waals surface area contributed by atoms with Crippen LogP contribution in [0.25, 0.3) is 0 Å². The van der Waals surface area contributed by atoms with Gasteiger partial charge in [0.2, 0.25) is 0 Å². The molecule has 2 unspecified atom stereocenters. The number of carbonyl (C=O) groups excluding carboxylic acids is 2. The maximum absolute atomic E-state index is 11.0. The van der Waals surface area contributed by atoms with Crippen LogP contribution in [0.15, 0.2) is 0 Å². The zero-order valence-electron chi connectivity index (χ0n) is 10.3. The Balaban J connectivity index is 4.09. The summed E-state index contributed by atoms with van der Waals surface area (Å²) in [5.41, 5.74) is 5.48. The maximum Gasteiger partial charge on any atom is 0.407 e. The molecule has 0 aliphatic rings. The number of carboxylic acids is 1. The number of hydrogen-bond acceptors (Lipinski definition) is 6. The van der Waals surface area contributed by atoms with Gasteiger partial charge in [-0.3, -0.25) is 4.79 Å². The summed E-state index contributed by atoms with van der Waals surface area (Å²) < 4.78 is 8.73. The fourth-order valence-corrected chi connectivity index (χ4v) is 1.27. The molecule has 0 radical (unpaired) electrons. The number of alkyl carbamates (subject to hydrolysis) is 1. The van der Waals surface area contributed by atoms with Crippen molar-refractivity contribution in [2.45, 2.75) is 31.3 Å².